The van der Waals surface area contributed by atoms with Crippen molar-refractivity contribution in [3.8, 4) is 0 Å². The summed E-state index contributed by atoms with van der Waals surface area (Å²) in [5, 5.41) is 11.9. The minimum Gasteiger partial charge on any atom is -0.481 e. The number of carboxylic acid groups (broad SMARTS) is 1. The number of amides is 1. The van der Waals surface area contributed by atoms with Crippen molar-refractivity contribution in [1.29, 1.82) is 0 Å². The van der Waals surface area contributed by atoms with Gasteiger partial charge in [-0.05, 0) is 31.4 Å². The van der Waals surface area contributed by atoms with E-state index in [4.69, 9.17) is 9.84 Å². The second-order valence-electron chi connectivity index (χ2n) is 5.55. The van der Waals surface area contributed by atoms with Crippen molar-refractivity contribution in [1.82, 2.24) is 5.32 Å². The second-order valence-corrected chi connectivity index (χ2v) is 6.81. The Morgan fingerprint density at radius 3 is 2.86 bits per heavy atom. The summed E-state index contributed by atoms with van der Waals surface area (Å²) in [6.45, 7) is 4.86. The Kier molecular flexibility index (Phi) is 5.00. The molecule has 1 fully saturated rings. The van der Waals surface area contributed by atoms with Crippen molar-refractivity contribution in [3.63, 3.8) is 0 Å². The molecule has 1 aromatic heterocycles. The summed E-state index contributed by atoms with van der Waals surface area (Å²) in [4.78, 5) is 25.2. The maximum atomic E-state index is 12.4. The summed E-state index contributed by atoms with van der Waals surface area (Å²) in [6.07, 6.45) is 2.43. The number of rotatable bonds is 6. The molecule has 0 saturated carbocycles. The standard InChI is InChI=1S/C15H21NO4S/c1-3-4-11-7-12(21-10(11)2)14(19)16-15(8-13(17)18)5-6-20-9-15/h7H,3-6,8-9H2,1-2H3,(H,16,19)(H,17,18). The van der Waals surface area contributed by atoms with E-state index in [9.17, 15) is 9.59 Å². The van der Waals surface area contributed by atoms with Crippen molar-refractivity contribution in [2.45, 2.75) is 45.1 Å². The number of nitrogens with one attached hydrogen (secondary N) is 1. The Balaban J connectivity index is 2.12. The molecule has 2 rings (SSSR count). The smallest absolute Gasteiger partial charge is 0.305 e. The van der Waals surface area contributed by atoms with Crippen LogP contribution < -0.4 is 5.32 Å². The van der Waals surface area contributed by atoms with Gasteiger partial charge in [0.2, 0.25) is 0 Å². The van der Waals surface area contributed by atoms with E-state index in [0.29, 0.717) is 17.9 Å². The molecule has 116 valence electrons. The fraction of sp³-hybridized carbons (Fsp3) is 0.600. The van der Waals surface area contributed by atoms with Crippen molar-refractivity contribution < 1.29 is 19.4 Å². The van der Waals surface area contributed by atoms with Crippen molar-refractivity contribution >= 4 is 23.2 Å². The summed E-state index contributed by atoms with van der Waals surface area (Å²) in [5.74, 6) is -1.12. The molecule has 1 saturated heterocycles. The number of carbonyl (C=O) groups is 2. The summed E-state index contributed by atoms with van der Waals surface area (Å²) >= 11 is 1.46. The molecule has 0 radical (unpaired) electrons. The maximum Gasteiger partial charge on any atom is 0.305 e. The van der Waals surface area contributed by atoms with Crippen molar-refractivity contribution in [2.75, 3.05) is 13.2 Å². The highest BCUT2D eigenvalue weighted by molar-refractivity contribution is 7.14. The molecule has 1 aliphatic heterocycles. The zero-order valence-electron chi connectivity index (χ0n) is 12.4. The molecule has 5 nitrogen and oxygen atoms in total. The van der Waals surface area contributed by atoms with Gasteiger partial charge in [-0.3, -0.25) is 9.59 Å². The van der Waals surface area contributed by atoms with Crippen LogP contribution in [0.15, 0.2) is 6.07 Å². The third kappa shape index (κ3) is 3.83. The highest BCUT2D eigenvalue weighted by Gasteiger charge is 2.39. The number of thiophene rings is 1. The van der Waals surface area contributed by atoms with Crippen LogP contribution >= 0.6 is 11.3 Å². The molecule has 0 spiro atoms. The van der Waals surface area contributed by atoms with Gasteiger partial charge >= 0.3 is 5.97 Å². The van der Waals surface area contributed by atoms with Gasteiger partial charge in [-0.1, -0.05) is 13.3 Å². The van der Waals surface area contributed by atoms with E-state index < -0.39 is 11.5 Å². The fourth-order valence-electron chi connectivity index (χ4n) is 2.63. The lowest BCUT2D eigenvalue weighted by molar-refractivity contribution is -0.138. The van der Waals surface area contributed by atoms with Crippen LogP contribution in [0.25, 0.3) is 0 Å². The first-order valence-electron chi connectivity index (χ1n) is 7.17. The Labute approximate surface area is 128 Å². The van der Waals surface area contributed by atoms with Gasteiger partial charge in [0.05, 0.1) is 23.4 Å². The number of hydrogen-bond donors (Lipinski definition) is 2. The van der Waals surface area contributed by atoms with Gasteiger partial charge < -0.3 is 15.2 Å². The molecule has 1 unspecified atom stereocenters. The van der Waals surface area contributed by atoms with Crippen LogP contribution in [0.5, 0.6) is 0 Å². The van der Waals surface area contributed by atoms with E-state index in [1.807, 2.05) is 13.0 Å². The molecular weight excluding hydrogens is 290 g/mol. The molecule has 6 heteroatoms. The Morgan fingerprint density at radius 2 is 2.29 bits per heavy atom. The first-order chi connectivity index (χ1) is 9.96. The molecule has 1 atom stereocenters. The first kappa shape index (κ1) is 16.0. The van der Waals surface area contributed by atoms with Gasteiger partial charge in [-0.2, -0.15) is 0 Å². The molecule has 1 aromatic rings. The molecule has 0 aromatic carbocycles. The minimum atomic E-state index is -0.921. The average Bonchev–Trinajstić information content (AvgIpc) is 2.97. The van der Waals surface area contributed by atoms with E-state index in [1.54, 1.807) is 0 Å². The van der Waals surface area contributed by atoms with Crippen LogP contribution in [0, 0.1) is 6.92 Å². The zero-order chi connectivity index (χ0) is 15.5. The Bertz CT molecular complexity index is 532. The van der Waals surface area contributed by atoms with Gasteiger partial charge in [0.1, 0.15) is 0 Å². The summed E-state index contributed by atoms with van der Waals surface area (Å²) in [5.41, 5.74) is 0.425. The topological polar surface area (TPSA) is 75.6 Å². The van der Waals surface area contributed by atoms with Crippen LogP contribution in [0.2, 0.25) is 0 Å². The largest absolute Gasteiger partial charge is 0.481 e. The average molecular weight is 311 g/mol. The predicted octanol–water partition coefficient (Wildman–Crippen LogP) is 2.37. The van der Waals surface area contributed by atoms with Crippen molar-refractivity contribution in [3.05, 3.63) is 21.4 Å². The van der Waals surface area contributed by atoms with E-state index in [1.165, 1.54) is 16.9 Å². The molecule has 1 amide bonds. The van der Waals surface area contributed by atoms with Gasteiger partial charge in [0, 0.05) is 11.5 Å². The van der Waals surface area contributed by atoms with Gasteiger partial charge in [-0.15, -0.1) is 11.3 Å². The molecule has 0 bridgehead atoms. The van der Waals surface area contributed by atoms with Crippen LogP contribution in [-0.4, -0.2) is 35.7 Å². The summed E-state index contributed by atoms with van der Waals surface area (Å²) in [6, 6.07) is 1.92. The number of carboxylic acids is 1. The number of aryl methyl sites for hydroxylation is 2. The molecular formula is C15H21NO4S. The van der Waals surface area contributed by atoms with E-state index in [0.717, 1.165) is 17.7 Å². The molecule has 21 heavy (non-hydrogen) atoms. The van der Waals surface area contributed by atoms with E-state index >= 15 is 0 Å². The van der Waals surface area contributed by atoms with Gasteiger partial charge in [-0.25, -0.2) is 0 Å². The number of hydrogen-bond acceptors (Lipinski definition) is 4. The van der Waals surface area contributed by atoms with Crippen LogP contribution in [0.3, 0.4) is 0 Å². The Morgan fingerprint density at radius 1 is 1.52 bits per heavy atom. The number of carbonyl (C=O) groups excluding carboxylic acids is 1. The SMILES string of the molecule is CCCc1cc(C(=O)NC2(CC(=O)O)CCOC2)sc1C. The normalized spacial score (nSPS) is 21.4. The lowest BCUT2D eigenvalue weighted by atomic mass is 9.94. The van der Waals surface area contributed by atoms with Gasteiger partial charge in [0.15, 0.2) is 0 Å². The monoisotopic (exact) mass is 311 g/mol. The van der Waals surface area contributed by atoms with E-state index in [-0.39, 0.29) is 18.9 Å². The van der Waals surface area contributed by atoms with E-state index in [2.05, 4.69) is 12.2 Å². The lowest BCUT2D eigenvalue weighted by Crippen LogP contribution is -2.50. The van der Waals surface area contributed by atoms with Gasteiger partial charge in [0.25, 0.3) is 5.91 Å². The minimum absolute atomic E-state index is 0.106. The fourth-order valence-corrected chi connectivity index (χ4v) is 3.60. The third-order valence-corrected chi connectivity index (χ3v) is 4.83. The highest BCUT2D eigenvalue weighted by atomic mass is 32.1. The number of aliphatic carboxylic acids is 1. The number of ether oxygens (including phenoxy) is 1. The van der Waals surface area contributed by atoms with Crippen molar-refractivity contribution in [2.24, 2.45) is 0 Å². The zero-order valence-corrected chi connectivity index (χ0v) is 13.2. The quantitative estimate of drug-likeness (QED) is 0.845. The van der Waals surface area contributed by atoms with Crippen LogP contribution in [0.4, 0.5) is 0 Å². The third-order valence-electron chi connectivity index (χ3n) is 3.74. The molecule has 0 aliphatic carbocycles. The Hall–Kier alpha value is -1.40. The first-order valence-corrected chi connectivity index (χ1v) is 7.99. The maximum absolute atomic E-state index is 12.4. The lowest BCUT2D eigenvalue weighted by Gasteiger charge is -2.26. The summed E-state index contributed by atoms with van der Waals surface area (Å²) < 4.78 is 5.29. The second kappa shape index (κ2) is 6.58. The predicted molar refractivity (Wildman–Crippen MR) is 80.9 cm³/mol. The molecule has 2 N–H and O–H groups in total. The van der Waals surface area contributed by atoms with Crippen LogP contribution in [-0.2, 0) is 16.0 Å². The molecule has 2 heterocycles. The highest BCUT2D eigenvalue weighted by Crippen LogP contribution is 2.26. The van der Waals surface area contributed by atoms with Crippen LogP contribution in [0.1, 0.15) is 46.3 Å². The summed E-state index contributed by atoms with van der Waals surface area (Å²) in [7, 11) is 0. The molecule has 1 aliphatic rings.